The predicted molar refractivity (Wildman–Crippen MR) is 166 cm³/mol. The van der Waals surface area contributed by atoms with Gasteiger partial charge in [0.15, 0.2) is 0 Å². The molecule has 6 rings (SSSR count). The molecule has 5 heteroatoms. The van der Waals surface area contributed by atoms with Gasteiger partial charge < -0.3 is 4.57 Å². The lowest BCUT2D eigenvalue weighted by Gasteiger charge is -2.23. The number of aromatic nitrogens is 1. The molecular weight excluding hydrogens is 534 g/mol. The smallest absolute Gasteiger partial charge is 0.123 e. The highest BCUT2D eigenvalue weighted by molar-refractivity contribution is 5.85. The fourth-order valence-corrected chi connectivity index (χ4v) is 6.12. The Morgan fingerprint density at radius 1 is 0.707 bits per heavy atom. The highest BCUT2D eigenvalue weighted by Gasteiger charge is 2.23. The summed E-state index contributed by atoms with van der Waals surface area (Å²) >= 11 is 0. The van der Waals surface area contributed by atoms with Crippen LogP contribution in [0.1, 0.15) is 47.6 Å². The van der Waals surface area contributed by atoms with E-state index in [4.69, 9.17) is 0 Å². The molecule has 2 nitrogen and oxygen atoms in total. The highest BCUT2D eigenvalue weighted by Crippen LogP contribution is 2.34. The first-order valence-corrected chi connectivity index (χ1v) is 14.2. The minimum atomic E-state index is -0.237. The lowest BCUT2D eigenvalue weighted by atomic mass is 9.87. The van der Waals surface area contributed by atoms with Gasteiger partial charge in [-0.15, -0.1) is 12.4 Å². The maximum absolute atomic E-state index is 13.6. The lowest BCUT2D eigenvalue weighted by Crippen LogP contribution is -2.24. The molecule has 0 spiro atoms. The van der Waals surface area contributed by atoms with Gasteiger partial charge in [-0.05, 0) is 103 Å². The van der Waals surface area contributed by atoms with Crippen LogP contribution in [0.3, 0.4) is 0 Å². The van der Waals surface area contributed by atoms with Gasteiger partial charge in [-0.1, -0.05) is 72.8 Å². The molecule has 0 unspecified atom stereocenters. The van der Waals surface area contributed by atoms with Gasteiger partial charge in [-0.3, -0.25) is 4.90 Å². The summed E-state index contributed by atoms with van der Waals surface area (Å²) < 4.78 is 29.7. The van der Waals surface area contributed by atoms with Crippen molar-refractivity contribution in [3.63, 3.8) is 0 Å². The van der Waals surface area contributed by atoms with Crippen molar-refractivity contribution in [2.75, 3.05) is 13.1 Å². The van der Waals surface area contributed by atoms with Crippen molar-refractivity contribution in [2.45, 2.75) is 38.1 Å². The molecule has 0 bridgehead atoms. The molecule has 0 atom stereocenters. The van der Waals surface area contributed by atoms with Gasteiger partial charge >= 0.3 is 0 Å². The van der Waals surface area contributed by atoms with Crippen molar-refractivity contribution >= 4 is 12.4 Å². The summed E-state index contributed by atoms with van der Waals surface area (Å²) in [5.74, 6) is -0.369. The molecule has 2 heterocycles. The van der Waals surface area contributed by atoms with Gasteiger partial charge in [0.1, 0.15) is 11.6 Å². The van der Waals surface area contributed by atoms with Crippen LogP contribution in [0.15, 0.2) is 115 Å². The predicted octanol–water partition coefficient (Wildman–Crippen LogP) is 9.20. The van der Waals surface area contributed by atoms with Gasteiger partial charge in [-0.2, -0.15) is 0 Å². The lowest BCUT2D eigenvalue weighted by molar-refractivity contribution is 0.262. The van der Waals surface area contributed by atoms with E-state index in [0.717, 1.165) is 56.4 Å². The van der Waals surface area contributed by atoms with Gasteiger partial charge in [0.2, 0.25) is 0 Å². The first-order valence-electron chi connectivity index (χ1n) is 14.2. The van der Waals surface area contributed by atoms with E-state index in [0.29, 0.717) is 0 Å². The fraction of sp³-hybridized carbons (Fsp3) is 0.222. The zero-order valence-corrected chi connectivity index (χ0v) is 23.9. The number of hydrogen-bond acceptors (Lipinski definition) is 1. The van der Waals surface area contributed by atoms with E-state index >= 15 is 0 Å². The third kappa shape index (κ3) is 6.61. The summed E-state index contributed by atoms with van der Waals surface area (Å²) in [7, 11) is 0. The molecule has 210 valence electrons. The highest BCUT2D eigenvalue weighted by atomic mass is 35.5. The van der Waals surface area contributed by atoms with E-state index in [1.54, 1.807) is 0 Å². The molecule has 4 aromatic carbocycles. The van der Waals surface area contributed by atoms with Crippen LogP contribution in [0.25, 0.3) is 16.9 Å². The number of benzene rings is 4. The third-order valence-corrected chi connectivity index (χ3v) is 8.07. The van der Waals surface area contributed by atoms with E-state index in [1.165, 1.54) is 52.5 Å². The second-order valence-electron chi connectivity index (χ2n) is 10.7. The Labute approximate surface area is 247 Å². The Bertz CT molecular complexity index is 1490. The number of fused-ring (bicyclic) bond motifs is 1. The molecule has 0 fully saturated rings. The van der Waals surface area contributed by atoms with Crippen LogP contribution in [0, 0.1) is 11.6 Å². The maximum atomic E-state index is 13.6. The standard InChI is InChI=1S/C36H34F2N2.ClH/c37-31-19-15-27(16-20-31)34(28-17-21-32(38)22-18-28)13-7-23-39-24-8-14-35-30(26-39)25-36(29-9-3-1-4-10-29)40(35)33-11-5-2-6-12-33;/h1-6,9-12,15-22,25,34H,7-8,13-14,23-24,26H2;1H. The van der Waals surface area contributed by atoms with Crippen LogP contribution in [0.2, 0.25) is 0 Å². The van der Waals surface area contributed by atoms with Crippen molar-refractivity contribution in [1.82, 2.24) is 9.47 Å². The number of hydrogen-bond donors (Lipinski definition) is 0. The molecule has 0 aliphatic carbocycles. The van der Waals surface area contributed by atoms with Crippen molar-refractivity contribution in [3.05, 3.63) is 149 Å². The first-order chi connectivity index (χ1) is 19.7. The van der Waals surface area contributed by atoms with E-state index in [-0.39, 0.29) is 30.0 Å². The number of halogens is 3. The zero-order chi connectivity index (χ0) is 27.3. The van der Waals surface area contributed by atoms with E-state index < -0.39 is 0 Å². The average Bonchev–Trinajstić information content (AvgIpc) is 3.23. The zero-order valence-electron chi connectivity index (χ0n) is 23.1. The SMILES string of the molecule is Cl.Fc1ccc(C(CCCN2CCCc3c(cc(-c4ccccc4)n3-c3ccccc3)C2)c2ccc(F)cc2)cc1. The van der Waals surface area contributed by atoms with Gasteiger partial charge in [0, 0.05) is 23.8 Å². The van der Waals surface area contributed by atoms with Crippen molar-refractivity contribution < 1.29 is 8.78 Å². The van der Waals surface area contributed by atoms with E-state index in [1.807, 2.05) is 24.3 Å². The molecule has 1 aliphatic rings. The number of para-hydroxylation sites is 1. The summed E-state index contributed by atoms with van der Waals surface area (Å²) in [5.41, 5.74) is 8.62. The van der Waals surface area contributed by atoms with Gasteiger partial charge in [0.25, 0.3) is 0 Å². The largest absolute Gasteiger partial charge is 0.313 e. The Balaban J connectivity index is 0.00000337. The molecule has 0 N–H and O–H groups in total. The van der Waals surface area contributed by atoms with Crippen molar-refractivity contribution in [1.29, 1.82) is 0 Å². The van der Waals surface area contributed by atoms with E-state index in [2.05, 4.69) is 76.2 Å². The summed E-state index contributed by atoms with van der Waals surface area (Å²) in [5, 5.41) is 0. The van der Waals surface area contributed by atoms with E-state index in [9.17, 15) is 8.78 Å². The molecule has 0 radical (unpaired) electrons. The van der Waals surface area contributed by atoms with Crippen molar-refractivity contribution in [3.8, 4) is 16.9 Å². The average molecular weight is 569 g/mol. The van der Waals surface area contributed by atoms with Crippen LogP contribution < -0.4 is 0 Å². The normalized spacial score (nSPS) is 13.4. The van der Waals surface area contributed by atoms with Crippen LogP contribution in [0.5, 0.6) is 0 Å². The molecule has 5 aromatic rings. The van der Waals surface area contributed by atoms with Crippen LogP contribution >= 0.6 is 12.4 Å². The molecule has 0 amide bonds. The second kappa shape index (κ2) is 13.3. The molecule has 1 aliphatic heterocycles. The Morgan fingerprint density at radius 3 is 1.90 bits per heavy atom. The summed E-state index contributed by atoms with van der Waals surface area (Å²) in [6, 6.07) is 37.2. The fourth-order valence-electron chi connectivity index (χ4n) is 6.12. The van der Waals surface area contributed by atoms with Gasteiger partial charge in [-0.25, -0.2) is 8.78 Å². The second-order valence-corrected chi connectivity index (χ2v) is 10.7. The first kappa shape index (κ1) is 28.8. The monoisotopic (exact) mass is 568 g/mol. The summed E-state index contributed by atoms with van der Waals surface area (Å²) in [6.07, 6.45) is 4.07. The summed E-state index contributed by atoms with van der Waals surface area (Å²) in [6.45, 7) is 2.96. The molecule has 0 saturated carbocycles. The van der Waals surface area contributed by atoms with Crippen molar-refractivity contribution in [2.24, 2.45) is 0 Å². The molecule has 1 aromatic heterocycles. The van der Waals surface area contributed by atoms with Crippen LogP contribution in [-0.4, -0.2) is 22.6 Å². The minimum absolute atomic E-state index is 0. The number of rotatable bonds is 8. The van der Waals surface area contributed by atoms with Gasteiger partial charge in [0.05, 0.1) is 5.69 Å². The minimum Gasteiger partial charge on any atom is -0.313 e. The third-order valence-electron chi connectivity index (χ3n) is 8.07. The van der Waals surface area contributed by atoms with Crippen LogP contribution in [0.4, 0.5) is 8.78 Å². The summed E-state index contributed by atoms with van der Waals surface area (Å²) in [4.78, 5) is 2.57. The number of nitrogens with zero attached hydrogens (tertiary/aromatic N) is 2. The molecule has 41 heavy (non-hydrogen) atoms. The molecular formula is C36H35ClF2N2. The topological polar surface area (TPSA) is 8.17 Å². The Morgan fingerprint density at radius 2 is 1.29 bits per heavy atom. The maximum Gasteiger partial charge on any atom is 0.123 e. The molecule has 0 saturated heterocycles. The Kier molecular flexibility index (Phi) is 9.33. The Hall–Kier alpha value is -3.73. The van der Waals surface area contributed by atoms with Crippen LogP contribution in [-0.2, 0) is 13.0 Å². The quantitative estimate of drug-likeness (QED) is 0.181.